The molecule has 0 unspecified atom stereocenters. The summed E-state index contributed by atoms with van der Waals surface area (Å²) in [4.78, 5) is 0. The third-order valence-corrected chi connectivity index (χ3v) is 56.7. The van der Waals surface area contributed by atoms with Gasteiger partial charge in [-0.25, -0.2) is 0 Å². The summed E-state index contributed by atoms with van der Waals surface area (Å²) in [7, 11) is 43.6. The van der Waals surface area contributed by atoms with Gasteiger partial charge in [0.05, 0.1) is 5.69 Å². The van der Waals surface area contributed by atoms with Gasteiger partial charge >= 0.3 is 0 Å². The van der Waals surface area contributed by atoms with E-state index in [1.807, 2.05) is 92.1 Å². The van der Waals surface area contributed by atoms with Crippen molar-refractivity contribution in [3.05, 3.63) is 23.8 Å². The summed E-state index contributed by atoms with van der Waals surface area (Å²) in [5, 5.41) is 9.26. The first-order valence-corrected chi connectivity index (χ1v) is 43.6. The Hall–Kier alpha value is 4.76. The summed E-state index contributed by atoms with van der Waals surface area (Å²) in [6.07, 6.45) is 1.05. The fraction of sp³-hybridized carbons (Fsp3) is 0.455. The van der Waals surface area contributed by atoms with Gasteiger partial charge in [0.25, 0.3) is 0 Å². The van der Waals surface area contributed by atoms with Gasteiger partial charge in [-0.3, -0.25) is 0 Å². The molecule has 0 saturated carbocycles. The number of aromatic hydroxyl groups is 1. The van der Waals surface area contributed by atoms with Crippen LogP contribution in [0.15, 0.2) is 18.2 Å². The molecule has 234 valence electrons. The van der Waals surface area contributed by atoms with Crippen molar-refractivity contribution in [1.29, 1.82) is 0 Å². The van der Waals surface area contributed by atoms with E-state index in [2.05, 4.69) is 20.8 Å². The molecule has 1 rings (SSSR count). The van der Waals surface area contributed by atoms with Crippen LogP contribution in [-0.2, 0) is 250 Å². The number of anilines is 1. The zero-order chi connectivity index (χ0) is 29.7. The Morgan fingerprint density at radius 1 is 0.575 bits per heavy atom. The monoisotopic (exact) mass is 1040 g/mol. The molecule has 0 bridgehead atoms. The number of nitrogens with two attached hydrogens (primary N) is 1. The van der Waals surface area contributed by atoms with E-state index in [0.29, 0.717) is 5.69 Å². The number of hydrogen-bond acceptors (Lipinski definition) is 4. The van der Waals surface area contributed by atoms with Crippen LogP contribution < -0.4 is 5.73 Å². The molecule has 0 spiro atoms. The Kier molecular flexibility index (Phi) is 37.7. The highest BCUT2D eigenvalue weighted by Crippen LogP contribution is 2.31. The molecule has 1 aromatic rings. The third kappa shape index (κ3) is 28.9. The van der Waals surface area contributed by atoms with E-state index < -0.39 is 0 Å². The van der Waals surface area contributed by atoms with Crippen LogP contribution >= 0.6 is 0 Å². The average molecular weight is 1050 g/mol. The maximum atomic E-state index is 9.26. The summed E-state index contributed by atoms with van der Waals surface area (Å²) in [6.45, 7) is 6.47. The van der Waals surface area contributed by atoms with Crippen molar-refractivity contribution in [2.75, 3.05) is 5.73 Å². The van der Waals surface area contributed by atoms with Crippen molar-refractivity contribution in [3.8, 4) is 5.75 Å². The van der Waals surface area contributed by atoms with E-state index in [-0.39, 0.29) is 11.2 Å². The van der Waals surface area contributed by atoms with Gasteiger partial charge in [0.15, 0.2) is 0 Å². The van der Waals surface area contributed by atoms with E-state index in [4.69, 9.17) is 28.1 Å². The van der Waals surface area contributed by atoms with Gasteiger partial charge in [-0.1, -0.05) is 26.8 Å². The summed E-state index contributed by atoms with van der Waals surface area (Å²) < 4.78 is 0. The van der Waals surface area contributed by atoms with Crippen LogP contribution in [-0.4, -0.2) is 5.11 Å². The molecule has 0 aromatic heterocycles. The first-order valence-electron chi connectivity index (χ1n) is 8.89. The molecular formula is C11H17NOS27. The van der Waals surface area contributed by atoms with Crippen molar-refractivity contribution >= 4 is 250 Å². The number of phenols is 1. The molecule has 3 N–H and O–H groups in total. The van der Waals surface area contributed by atoms with Crippen molar-refractivity contribution in [2.45, 2.75) is 32.6 Å². The van der Waals surface area contributed by atoms with Crippen LogP contribution in [0, 0.1) is 0 Å². The average Bonchev–Trinajstić information content (AvgIpc) is 2.95. The van der Waals surface area contributed by atoms with E-state index in [9.17, 15) is 5.11 Å². The SMILES string of the molecule is CCC(C)(C)c1ccc(O)c(N)c1.S=S=S=S=S=S=S=S=S=S=S=S=S=S=S=S=S=S=S=S=S=S=S=S=S=S=S. The predicted octanol–water partition coefficient (Wildman–Crippen LogP) is 2.60. The van der Waals surface area contributed by atoms with Gasteiger partial charge in [0.1, 0.15) is 5.75 Å². The zero-order valence-corrected chi connectivity index (χ0v) is 41.5. The molecule has 40 heavy (non-hydrogen) atoms. The number of benzene rings is 1. The minimum Gasteiger partial charge on any atom is -0.506 e. The first kappa shape index (κ1) is 44.8. The normalized spacial score (nSPS) is 8.88. The van der Waals surface area contributed by atoms with Crippen molar-refractivity contribution < 1.29 is 5.11 Å². The van der Waals surface area contributed by atoms with E-state index in [1.165, 1.54) is 23.3 Å². The topological polar surface area (TPSA) is 46.2 Å². The maximum absolute atomic E-state index is 9.26. The quantitative estimate of drug-likeness (QED) is 0.354. The zero-order valence-electron chi connectivity index (χ0n) is 19.5. The lowest BCUT2D eigenvalue weighted by molar-refractivity contribution is 0.474. The summed E-state index contributed by atoms with van der Waals surface area (Å²) >= 11 is 9.56. The Labute approximate surface area is 316 Å². The molecule has 0 saturated heterocycles. The van der Waals surface area contributed by atoms with E-state index in [1.54, 1.807) is 130 Å². The van der Waals surface area contributed by atoms with Gasteiger partial charge in [-0.2, -0.15) is 0 Å². The van der Waals surface area contributed by atoms with Crippen LogP contribution in [0.1, 0.15) is 32.8 Å². The molecule has 0 amide bonds. The highest BCUT2D eigenvalue weighted by atomic mass is 33.5. The standard InChI is InChI=1S/C11H17NO.S27/c1-4-11(2,3)8-5-6-10(13)9(12)7-8;1-3-5-7-9-11-13-15-17-19-21-23-25-27-26-24-22-20-18-16-14-12-10-8-6-4-2/h5-7,13H,4,12H2,1-3H3;. The highest BCUT2D eigenvalue weighted by Gasteiger charge is 2.18. The minimum atomic E-state index is 0.127. The van der Waals surface area contributed by atoms with Crippen LogP contribution in [0.3, 0.4) is 0 Å². The maximum Gasteiger partial charge on any atom is 0.138 e. The third-order valence-electron chi connectivity index (χ3n) is 3.36. The van der Waals surface area contributed by atoms with Gasteiger partial charge in [0.2, 0.25) is 0 Å². The lowest BCUT2D eigenvalue weighted by Gasteiger charge is -2.23. The molecule has 1 aromatic carbocycles. The lowest BCUT2D eigenvalue weighted by atomic mass is 9.82. The molecule has 0 heterocycles. The minimum absolute atomic E-state index is 0.127. The number of hydrogen-bond donors (Lipinski definition) is 2. The molecule has 29 heteroatoms. The fourth-order valence-corrected chi connectivity index (χ4v) is 64.6. The van der Waals surface area contributed by atoms with Crippen molar-refractivity contribution in [1.82, 2.24) is 0 Å². The Morgan fingerprint density at radius 3 is 1.07 bits per heavy atom. The molecular weight excluding hydrogens is 1030 g/mol. The van der Waals surface area contributed by atoms with Gasteiger partial charge < -0.3 is 10.8 Å². The smallest absolute Gasteiger partial charge is 0.138 e. The van der Waals surface area contributed by atoms with Gasteiger partial charge in [0, 0.05) is 244 Å². The molecule has 0 radical (unpaired) electrons. The molecule has 0 aliphatic heterocycles. The van der Waals surface area contributed by atoms with E-state index >= 15 is 0 Å². The summed E-state index contributed by atoms with van der Waals surface area (Å²) in [6, 6.07) is 5.43. The Bertz CT molecular complexity index is 2010. The van der Waals surface area contributed by atoms with Crippen molar-refractivity contribution in [3.63, 3.8) is 0 Å². The molecule has 0 aliphatic carbocycles. The van der Waals surface area contributed by atoms with Crippen LogP contribution in [0.2, 0.25) is 0 Å². The van der Waals surface area contributed by atoms with Crippen molar-refractivity contribution in [2.24, 2.45) is 0 Å². The first-order chi connectivity index (χ1) is 19.4. The molecule has 0 atom stereocenters. The summed E-state index contributed by atoms with van der Waals surface area (Å²) in [5.74, 6) is 0.163. The fourth-order valence-electron chi connectivity index (χ4n) is 1.44. The van der Waals surface area contributed by atoms with Gasteiger partial charge in [-0.05, 0) is 29.5 Å². The number of phenolic OH excluding ortho intramolecular Hbond substituents is 1. The predicted molar refractivity (Wildman–Crippen MR) is 255 cm³/mol. The number of nitrogen functional groups attached to an aromatic ring is 1. The molecule has 2 nitrogen and oxygen atoms in total. The second-order valence-electron chi connectivity index (χ2n) is 5.71. The Balaban J connectivity index is 0.000000968. The van der Waals surface area contributed by atoms with Crippen LogP contribution in [0.4, 0.5) is 5.69 Å². The van der Waals surface area contributed by atoms with Crippen LogP contribution in [0.25, 0.3) is 0 Å². The highest BCUT2D eigenvalue weighted by molar-refractivity contribution is 8.79. The van der Waals surface area contributed by atoms with Crippen LogP contribution in [0.5, 0.6) is 5.75 Å². The number of rotatable bonds is 2. The lowest BCUT2D eigenvalue weighted by Crippen LogP contribution is -2.15. The molecule has 0 fully saturated rings. The summed E-state index contributed by atoms with van der Waals surface area (Å²) in [5.41, 5.74) is 7.38. The largest absolute Gasteiger partial charge is 0.506 e. The van der Waals surface area contributed by atoms with E-state index in [0.717, 1.165) is 6.42 Å². The Morgan fingerprint density at radius 2 is 0.850 bits per heavy atom. The molecule has 0 aliphatic rings. The second kappa shape index (κ2) is 33.7. The second-order valence-corrected chi connectivity index (χ2v) is 49.9. The van der Waals surface area contributed by atoms with Gasteiger partial charge in [-0.15, -0.1) is 0 Å².